The van der Waals surface area contributed by atoms with E-state index in [9.17, 15) is 19.9 Å². The molecule has 2 rings (SSSR count). The van der Waals surface area contributed by atoms with Gasteiger partial charge in [0.25, 0.3) is 0 Å². The maximum absolute atomic E-state index is 11.2. The standard InChI is InChI=1S/C14H15O6PS/c15-10-4-1-9(2-5-10)3-6-12-13(17)7-11(16)8-14(12)22-21(18,19)20/h1-2,4-5,7-8,15-17H,3,6H2,(H2,18,19,20). The summed E-state index contributed by atoms with van der Waals surface area (Å²) in [6, 6.07) is 8.88. The maximum Gasteiger partial charge on any atom is 0.388 e. The molecule has 0 atom stereocenters. The lowest BCUT2D eigenvalue weighted by atomic mass is 10.0. The molecule has 0 bridgehead atoms. The Balaban J connectivity index is 2.25. The lowest BCUT2D eigenvalue weighted by molar-refractivity contribution is 0.397. The number of phenols is 3. The third-order valence-electron chi connectivity index (χ3n) is 2.99. The molecule has 0 unspecified atom stereocenters. The normalized spacial score (nSPS) is 11.5. The summed E-state index contributed by atoms with van der Waals surface area (Å²) in [5.41, 5.74) is 1.26. The van der Waals surface area contributed by atoms with Gasteiger partial charge >= 0.3 is 6.80 Å². The zero-order chi connectivity index (χ0) is 16.3. The van der Waals surface area contributed by atoms with Gasteiger partial charge in [0.2, 0.25) is 0 Å². The average Bonchev–Trinajstić information content (AvgIpc) is 2.37. The Morgan fingerprint density at radius 2 is 1.55 bits per heavy atom. The fraction of sp³-hybridized carbons (Fsp3) is 0.143. The molecule has 0 aliphatic carbocycles. The minimum atomic E-state index is -4.40. The Hall–Kier alpha value is -1.66. The van der Waals surface area contributed by atoms with E-state index in [4.69, 9.17) is 9.79 Å². The largest absolute Gasteiger partial charge is 0.508 e. The third kappa shape index (κ3) is 4.68. The summed E-state index contributed by atoms with van der Waals surface area (Å²) in [6.07, 6.45) is 0.840. The van der Waals surface area contributed by atoms with Gasteiger partial charge in [0.15, 0.2) is 0 Å². The van der Waals surface area contributed by atoms with E-state index in [0.717, 1.165) is 11.6 Å². The molecule has 0 heterocycles. The smallest absolute Gasteiger partial charge is 0.388 e. The van der Waals surface area contributed by atoms with Crippen LogP contribution in [0.4, 0.5) is 0 Å². The Bertz CT molecular complexity index is 710. The van der Waals surface area contributed by atoms with Crippen molar-refractivity contribution in [3.05, 3.63) is 47.5 Å². The van der Waals surface area contributed by atoms with Gasteiger partial charge in [-0.25, -0.2) is 4.57 Å². The van der Waals surface area contributed by atoms with E-state index >= 15 is 0 Å². The van der Waals surface area contributed by atoms with Crippen LogP contribution in [0.25, 0.3) is 0 Å². The van der Waals surface area contributed by atoms with Crippen molar-refractivity contribution < 1.29 is 29.7 Å². The molecular formula is C14H15O6PS. The van der Waals surface area contributed by atoms with Gasteiger partial charge in [-0.15, -0.1) is 0 Å². The summed E-state index contributed by atoms with van der Waals surface area (Å²) in [5.74, 6) is -0.328. The maximum atomic E-state index is 11.2. The highest BCUT2D eigenvalue weighted by Crippen LogP contribution is 2.56. The predicted molar refractivity (Wildman–Crippen MR) is 83.2 cm³/mol. The van der Waals surface area contributed by atoms with E-state index in [1.165, 1.54) is 18.2 Å². The van der Waals surface area contributed by atoms with Crippen LogP contribution in [0.15, 0.2) is 41.3 Å². The number of aromatic hydroxyl groups is 3. The van der Waals surface area contributed by atoms with Crippen LogP contribution < -0.4 is 0 Å². The van der Waals surface area contributed by atoms with Crippen molar-refractivity contribution >= 4 is 18.2 Å². The molecule has 2 aromatic rings. The first-order chi connectivity index (χ1) is 10.2. The highest BCUT2D eigenvalue weighted by Gasteiger charge is 2.20. The number of phenolic OH excluding ortho intramolecular Hbond substituents is 3. The van der Waals surface area contributed by atoms with Crippen LogP contribution in [-0.4, -0.2) is 25.1 Å². The van der Waals surface area contributed by atoms with Crippen molar-refractivity contribution in [2.45, 2.75) is 17.7 Å². The van der Waals surface area contributed by atoms with E-state index in [-0.39, 0.29) is 22.1 Å². The molecule has 0 fully saturated rings. The summed E-state index contributed by atoms with van der Waals surface area (Å²) >= 11 is 0.300. The first-order valence-corrected chi connectivity index (χ1v) is 9.36. The molecule has 0 amide bonds. The third-order valence-corrected chi connectivity index (χ3v) is 5.09. The van der Waals surface area contributed by atoms with Crippen molar-refractivity contribution in [1.82, 2.24) is 0 Å². The lowest BCUT2D eigenvalue weighted by Gasteiger charge is -2.12. The highest BCUT2D eigenvalue weighted by molar-refractivity contribution is 8.54. The van der Waals surface area contributed by atoms with E-state index < -0.39 is 6.80 Å². The molecule has 118 valence electrons. The van der Waals surface area contributed by atoms with Crippen molar-refractivity contribution in [3.63, 3.8) is 0 Å². The van der Waals surface area contributed by atoms with Crippen LogP contribution in [0.2, 0.25) is 0 Å². The van der Waals surface area contributed by atoms with Crippen molar-refractivity contribution in [2.24, 2.45) is 0 Å². The van der Waals surface area contributed by atoms with Crippen molar-refractivity contribution in [2.75, 3.05) is 0 Å². The second kappa shape index (κ2) is 6.62. The van der Waals surface area contributed by atoms with E-state index in [2.05, 4.69) is 0 Å². The van der Waals surface area contributed by atoms with Gasteiger partial charge < -0.3 is 25.1 Å². The molecule has 0 spiro atoms. The van der Waals surface area contributed by atoms with Gasteiger partial charge in [-0.05, 0) is 48.0 Å². The zero-order valence-electron chi connectivity index (χ0n) is 11.4. The summed E-state index contributed by atoms with van der Waals surface area (Å²) in [5, 5.41) is 28.6. The first kappa shape index (κ1) is 16.7. The van der Waals surface area contributed by atoms with E-state index in [1.807, 2.05) is 0 Å². The highest BCUT2D eigenvalue weighted by atomic mass is 32.7. The van der Waals surface area contributed by atoms with E-state index in [0.29, 0.717) is 29.8 Å². The molecule has 22 heavy (non-hydrogen) atoms. The van der Waals surface area contributed by atoms with Crippen LogP contribution in [0.3, 0.4) is 0 Å². The van der Waals surface area contributed by atoms with Crippen LogP contribution in [-0.2, 0) is 17.4 Å². The van der Waals surface area contributed by atoms with Gasteiger partial charge in [0.05, 0.1) is 0 Å². The SMILES string of the molecule is O=P(O)(O)Sc1cc(O)cc(O)c1CCc1ccc(O)cc1. The first-order valence-electron chi connectivity index (χ1n) is 6.32. The molecular weight excluding hydrogens is 327 g/mol. The van der Waals surface area contributed by atoms with Crippen LogP contribution in [0.5, 0.6) is 17.2 Å². The minimum absolute atomic E-state index is 0.143. The Morgan fingerprint density at radius 1 is 0.909 bits per heavy atom. The second-order valence-corrected chi connectivity index (χ2v) is 8.27. The summed E-state index contributed by atoms with van der Waals surface area (Å²) in [6.45, 7) is -4.40. The monoisotopic (exact) mass is 342 g/mol. The topological polar surface area (TPSA) is 118 Å². The van der Waals surface area contributed by atoms with Gasteiger partial charge in [0, 0.05) is 16.5 Å². The Kier molecular flexibility index (Phi) is 5.03. The molecule has 0 radical (unpaired) electrons. The Morgan fingerprint density at radius 3 is 2.14 bits per heavy atom. The number of aryl methyl sites for hydroxylation is 1. The molecule has 0 saturated carbocycles. The van der Waals surface area contributed by atoms with Crippen LogP contribution in [0.1, 0.15) is 11.1 Å². The number of hydrogen-bond acceptors (Lipinski definition) is 5. The number of rotatable bonds is 5. The number of benzene rings is 2. The predicted octanol–water partition coefficient (Wildman–Crippen LogP) is 2.77. The molecule has 6 nitrogen and oxygen atoms in total. The van der Waals surface area contributed by atoms with Crippen LogP contribution >= 0.6 is 18.2 Å². The molecule has 0 aliphatic rings. The average molecular weight is 342 g/mol. The van der Waals surface area contributed by atoms with E-state index in [1.54, 1.807) is 12.1 Å². The van der Waals surface area contributed by atoms with Gasteiger partial charge in [-0.3, -0.25) is 0 Å². The van der Waals surface area contributed by atoms with Crippen molar-refractivity contribution in [1.29, 1.82) is 0 Å². The summed E-state index contributed by atoms with van der Waals surface area (Å²) in [4.78, 5) is 18.3. The number of hydrogen-bond donors (Lipinski definition) is 5. The zero-order valence-corrected chi connectivity index (χ0v) is 13.1. The quantitative estimate of drug-likeness (QED) is 0.530. The van der Waals surface area contributed by atoms with Crippen LogP contribution in [0, 0.1) is 0 Å². The van der Waals surface area contributed by atoms with Gasteiger partial charge in [0.1, 0.15) is 17.2 Å². The lowest BCUT2D eigenvalue weighted by Crippen LogP contribution is -1.94. The van der Waals surface area contributed by atoms with Crippen molar-refractivity contribution in [3.8, 4) is 17.2 Å². The fourth-order valence-electron chi connectivity index (χ4n) is 2.01. The summed E-state index contributed by atoms with van der Waals surface area (Å²) < 4.78 is 11.2. The molecule has 8 heteroatoms. The molecule has 0 aliphatic heterocycles. The fourth-order valence-corrected chi connectivity index (χ4v) is 4.01. The Labute approximate surface area is 131 Å². The molecule has 2 aromatic carbocycles. The molecule has 0 aromatic heterocycles. The molecule has 5 N–H and O–H groups in total. The van der Waals surface area contributed by atoms with Gasteiger partial charge in [-0.1, -0.05) is 12.1 Å². The summed E-state index contributed by atoms with van der Waals surface area (Å²) in [7, 11) is 0. The van der Waals surface area contributed by atoms with Gasteiger partial charge in [-0.2, -0.15) is 0 Å². The minimum Gasteiger partial charge on any atom is -0.508 e. The second-order valence-electron chi connectivity index (χ2n) is 4.69. The molecule has 0 saturated heterocycles.